The molecule has 3 rings (SSSR count). The van der Waals surface area contributed by atoms with Crippen molar-refractivity contribution in [2.24, 2.45) is 0 Å². The highest BCUT2D eigenvalue weighted by Gasteiger charge is 2.48. The first-order valence-electron chi connectivity index (χ1n) is 8.79. The van der Waals surface area contributed by atoms with E-state index >= 15 is 0 Å². The largest absolute Gasteiger partial charge is 0.501 e. The Morgan fingerprint density at radius 2 is 1.69 bits per heavy atom. The standard InChI is InChI=1S/C19H18F4N2O3S/c20-15-7-8-16(17(10-15)29(27,28)19(21,22)23)24-9-3-6-18(26)25-11-13-4-1-2-5-14(13)12-25/h1-2,4-5,7-8,10,24H,3,6,9,11-12H2. The summed E-state index contributed by atoms with van der Waals surface area (Å²) in [6, 6.07) is 9.82. The van der Waals surface area contributed by atoms with Gasteiger partial charge in [-0.05, 0) is 35.7 Å². The van der Waals surface area contributed by atoms with Crippen molar-refractivity contribution >= 4 is 21.4 Å². The maximum Gasteiger partial charge on any atom is 0.501 e. The molecule has 0 saturated carbocycles. The van der Waals surface area contributed by atoms with Crippen LogP contribution in [0.25, 0.3) is 0 Å². The number of alkyl halides is 3. The minimum atomic E-state index is -5.70. The van der Waals surface area contributed by atoms with E-state index in [1.54, 1.807) is 4.90 Å². The van der Waals surface area contributed by atoms with Gasteiger partial charge in [-0.2, -0.15) is 13.2 Å². The summed E-state index contributed by atoms with van der Waals surface area (Å²) in [5.74, 6) is -1.20. The quantitative estimate of drug-likeness (QED) is 0.559. The van der Waals surface area contributed by atoms with Crippen molar-refractivity contribution in [1.29, 1.82) is 0 Å². The van der Waals surface area contributed by atoms with Crippen molar-refractivity contribution in [3.05, 3.63) is 59.4 Å². The molecular weight excluding hydrogens is 412 g/mol. The van der Waals surface area contributed by atoms with Gasteiger partial charge in [-0.15, -0.1) is 0 Å². The Labute approximate surface area is 165 Å². The molecule has 0 spiro atoms. The van der Waals surface area contributed by atoms with Crippen LogP contribution in [0.3, 0.4) is 0 Å². The summed E-state index contributed by atoms with van der Waals surface area (Å²) in [5, 5.41) is 2.57. The number of carbonyl (C=O) groups excluding carboxylic acids is 1. The molecule has 2 aromatic carbocycles. The Morgan fingerprint density at radius 1 is 1.07 bits per heavy atom. The third-order valence-corrected chi connectivity index (χ3v) is 6.14. The lowest BCUT2D eigenvalue weighted by Crippen LogP contribution is -2.26. The third-order valence-electron chi connectivity index (χ3n) is 4.61. The van der Waals surface area contributed by atoms with Crippen LogP contribution in [0.4, 0.5) is 23.2 Å². The molecular formula is C19H18F4N2O3S. The number of hydrogen-bond donors (Lipinski definition) is 1. The van der Waals surface area contributed by atoms with Crippen LogP contribution < -0.4 is 5.32 Å². The van der Waals surface area contributed by atoms with Crippen molar-refractivity contribution < 1.29 is 30.8 Å². The number of halogens is 4. The fourth-order valence-corrected chi connectivity index (χ4v) is 4.07. The molecule has 0 atom stereocenters. The predicted molar refractivity (Wildman–Crippen MR) is 98.1 cm³/mol. The highest BCUT2D eigenvalue weighted by atomic mass is 32.2. The summed E-state index contributed by atoms with van der Waals surface area (Å²) in [7, 11) is -5.70. The topological polar surface area (TPSA) is 66.5 Å². The Morgan fingerprint density at radius 3 is 2.28 bits per heavy atom. The van der Waals surface area contributed by atoms with E-state index in [1.807, 2.05) is 24.3 Å². The molecule has 0 bridgehead atoms. The number of nitrogens with one attached hydrogen (secondary N) is 1. The van der Waals surface area contributed by atoms with Gasteiger partial charge >= 0.3 is 5.51 Å². The van der Waals surface area contributed by atoms with E-state index in [4.69, 9.17) is 0 Å². The molecule has 1 N–H and O–H groups in total. The van der Waals surface area contributed by atoms with E-state index in [2.05, 4.69) is 5.32 Å². The van der Waals surface area contributed by atoms with Gasteiger partial charge in [0.25, 0.3) is 9.84 Å². The first kappa shape index (κ1) is 21.1. The highest BCUT2D eigenvalue weighted by Crippen LogP contribution is 2.34. The minimum absolute atomic E-state index is 0.0541. The van der Waals surface area contributed by atoms with Gasteiger partial charge in [-0.25, -0.2) is 12.8 Å². The molecule has 1 aliphatic rings. The Bertz CT molecular complexity index is 997. The SMILES string of the molecule is O=C(CCCNc1ccc(F)cc1S(=O)(=O)C(F)(F)F)N1Cc2ccccc2C1. The summed E-state index contributed by atoms with van der Waals surface area (Å²) < 4.78 is 75.1. The first-order chi connectivity index (χ1) is 13.6. The molecule has 10 heteroatoms. The van der Waals surface area contributed by atoms with Gasteiger partial charge in [-0.3, -0.25) is 4.79 Å². The number of fused-ring (bicyclic) bond motifs is 1. The second kappa shape index (κ2) is 8.02. The van der Waals surface area contributed by atoms with Crippen LogP contribution in [0, 0.1) is 5.82 Å². The van der Waals surface area contributed by atoms with E-state index in [0.717, 1.165) is 23.3 Å². The molecule has 29 heavy (non-hydrogen) atoms. The van der Waals surface area contributed by atoms with Gasteiger partial charge in [0.1, 0.15) is 10.7 Å². The first-order valence-corrected chi connectivity index (χ1v) is 10.3. The third kappa shape index (κ3) is 4.52. The zero-order valence-corrected chi connectivity index (χ0v) is 16.0. The second-order valence-electron chi connectivity index (χ2n) is 6.64. The lowest BCUT2D eigenvalue weighted by atomic mass is 10.1. The van der Waals surface area contributed by atoms with Crippen molar-refractivity contribution in [2.75, 3.05) is 11.9 Å². The Hall–Kier alpha value is -2.62. The molecule has 0 aliphatic carbocycles. The van der Waals surface area contributed by atoms with Crippen LogP contribution in [-0.2, 0) is 27.7 Å². The minimum Gasteiger partial charge on any atom is -0.384 e. The summed E-state index contributed by atoms with van der Waals surface area (Å²) in [6.07, 6.45) is 0.415. The van der Waals surface area contributed by atoms with E-state index in [9.17, 15) is 30.8 Å². The number of anilines is 1. The van der Waals surface area contributed by atoms with Crippen LogP contribution in [-0.4, -0.2) is 31.3 Å². The summed E-state index contributed by atoms with van der Waals surface area (Å²) in [6.45, 7) is 1.07. The Balaban J connectivity index is 1.58. The smallest absolute Gasteiger partial charge is 0.384 e. The molecule has 1 heterocycles. The highest BCUT2D eigenvalue weighted by molar-refractivity contribution is 7.92. The van der Waals surface area contributed by atoms with Crippen molar-refractivity contribution in [3.63, 3.8) is 0 Å². The number of nitrogens with zero attached hydrogens (tertiary/aromatic N) is 1. The molecule has 0 unspecified atom stereocenters. The van der Waals surface area contributed by atoms with Gasteiger partial charge in [0.2, 0.25) is 5.91 Å². The van der Waals surface area contributed by atoms with E-state index in [0.29, 0.717) is 19.2 Å². The van der Waals surface area contributed by atoms with Crippen LogP contribution in [0.1, 0.15) is 24.0 Å². The van der Waals surface area contributed by atoms with E-state index in [-0.39, 0.29) is 31.0 Å². The zero-order valence-electron chi connectivity index (χ0n) is 15.2. The van der Waals surface area contributed by atoms with Crippen LogP contribution in [0.15, 0.2) is 47.4 Å². The predicted octanol–water partition coefficient (Wildman–Crippen LogP) is 3.85. The molecule has 0 fully saturated rings. The van der Waals surface area contributed by atoms with Crippen molar-refractivity contribution in [2.45, 2.75) is 36.3 Å². The molecule has 0 saturated heterocycles. The maximum atomic E-state index is 13.3. The number of benzene rings is 2. The number of hydrogen-bond acceptors (Lipinski definition) is 4. The number of carbonyl (C=O) groups is 1. The molecule has 1 amide bonds. The fraction of sp³-hybridized carbons (Fsp3) is 0.316. The number of rotatable bonds is 6. The van der Waals surface area contributed by atoms with Gasteiger partial charge in [-0.1, -0.05) is 24.3 Å². The molecule has 5 nitrogen and oxygen atoms in total. The fourth-order valence-electron chi connectivity index (χ4n) is 3.12. The van der Waals surface area contributed by atoms with Gasteiger partial charge in [0.15, 0.2) is 0 Å². The molecule has 2 aromatic rings. The average Bonchev–Trinajstić information content (AvgIpc) is 3.09. The normalized spacial score (nSPS) is 14.0. The maximum absolute atomic E-state index is 13.3. The van der Waals surface area contributed by atoms with Crippen molar-refractivity contribution in [1.82, 2.24) is 4.90 Å². The monoisotopic (exact) mass is 430 g/mol. The van der Waals surface area contributed by atoms with E-state index < -0.39 is 26.1 Å². The van der Waals surface area contributed by atoms with Crippen LogP contribution >= 0.6 is 0 Å². The van der Waals surface area contributed by atoms with Crippen LogP contribution in [0.5, 0.6) is 0 Å². The average molecular weight is 430 g/mol. The van der Waals surface area contributed by atoms with Crippen molar-refractivity contribution in [3.8, 4) is 0 Å². The summed E-state index contributed by atoms with van der Waals surface area (Å²) >= 11 is 0. The molecule has 156 valence electrons. The molecule has 1 aliphatic heterocycles. The van der Waals surface area contributed by atoms with Gasteiger partial charge in [0.05, 0.1) is 5.69 Å². The van der Waals surface area contributed by atoms with Gasteiger partial charge in [0, 0.05) is 26.1 Å². The number of sulfone groups is 1. The summed E-state index contributed by atoms with van der Waals surface area (Å²) in [4.78, 5) is 12.8. The Kier molecular flexibility index (Phi) is 5.83. The second-order valence-corrected chi connectivity index (χ2v) is 8.55. The lowest BCUT2D eigenvalue weighted by Gasteiger charge is -2.16. The van der Waals surface area contributed by atoms with Crippen LogP contribution in [0.2, 0.25) is 0 Å². The lowest BCUT2D eigenvalue weighted by molar-refractivity contribution is -0.131. The van der Waals surface area contributed by atoms with Gasteiger partial charge < -0.3 is 10.2 Å². The molecule has 0 radical (unpaired) electrons. The zero-order chi connectivity index (χ0) is 21.2. The summed E-state index contributed by atoms with van der Waals surface area (Å²) in [5.41, 5.74) is -3.75. The molecule has 0 aromatic heterocycles. The van der Waals surface area contributed by atoms with E-state index in [1.165, 1.54) is 0 Å². The number of amides is 1.